The molecule has 0 saturated carbocycles. The lowest BCUT2D eigenvalue weighted by atomic mass is 9.77. The molecule has 0 spiro atoms. The third kappa shape index (κ3) is 6.69. The van der Waals surface area contributed by atoms with Gasteiger partial charge in [-0.25, -0.2) is 0 Å². The van der Waals surface area contributed by atoms with Crippen LogP contribution >= 0.6 is 0 Å². The van der Waals surface area contributed by atoms with Gasteiger partial charge >= 0.3 is 0 Å². The molecule has 6 nitrogen and oxygen atoms in total. The first kappa shape index (κ1) is 27.1. The maximum Gasteiger partial charge on any atom is 0.210 e. The summed E-state index contributed by atoms with van der Waals surface area (Å²) < 4.78 is 0. The summed E-state index contributed by atoms with van der Waals surface area (Å²) in [5, 5.41) is 7.51. The minimum Gasteiger partial charge on any atom is -0.335 e. The maximum absolute atomic E-state index is 11.6. The van der Waals surface area contributed by atoms with E-state index in [1.165, 1.54) is 25.7 Å². The molecule has 2 rings (SSSR count). The maximum atomic E-state index is 11.6. The Balaban J connectivity index is 1.62. The van der Waals surface area contributed by atoms with Crippen LogP contribution in [0.25, 0.3) is 0 Å². The smallest absolute Gasteiger partial charge is 0.210 e. The SMILES string of the molecule is CC1(C)CC(NCCCCCCNC2CC(C)(C)N(C=O)C(C)(C)C2)CC(C)(C)N1C=O. The van der Waals surface area contributed by atoms with E-state index in [2.05, 4.69) is 66.0 Å². The van der Waals surface area contributed by atoms with Gasteiger partial charge in [0.1, 0.15) is 0 Å². The van der Waals surface area contributed by atoms with Crippen LogP contribution in [0.15, 0.2) is 0 Å². The Morgan fingerprint density at radius 2 is 0.875 bits per heavy atom. The van der Waals surface area contributed by atoms with Crippen LogP contribution in [-0.4, -0.2) is 69.9 Å². The van der Waals surface area contributed by atoms with E-state index in [0.29, 0.717) is 12.1 Å². The molecule has 0 aliphatic carbocycles. The minimum atomic E-state index is -0.0994. The lowest BCUT2D eigenvalue weighted by molar-refractivity contribution is -0.136. The van der Waals surface area contributed by atoms with Gasteiger partial charge in [0.05, 0.1) is 0 Å². The highest BCUT2D eigenvalue weighted by atomic mass is 16.1. The monoisotopic (exact) mass is 450 g/mol. The second-order valence-corrected chi connectivity index (χ2v) is 12.7. The van der Waals surface area contributed by atoms with Crippen LogP contribution in [0.5, 0.6) is 0 Å². The van der Waals surface area contributed by atoms with Crippen LogP contribution in [0, 0.1) is 0 Å². The molecule has 0 atom stereocenters. The molecule has 0 bridgehead atoms. The summed E-state index contributed by atoms with van der Waals surface area (Å²) in [6, 6.07) is 0.948. The Kier molecular flexibility index (Phi) is 8.82. The molecule has 2 N–H and O–H groups in total. The molecule has 0 aromatic heterocycles. The number of rotatable bonds is 11. The second-order valence-electron chi connectivity index (χ2n) is 12.7. The molecule has 6 heteroatoms. The van der Waals surface area contributed by atoms with E-state index in [1.807, 2.05) is 9.80 Å². The van der Waals surface area contributed by atoms with Gasteiger partial charge in [-0.05, 0) is 107 Å². The molecule has 2 saturated heterocycles. The number of carbonyl (C=O) groups excluding carboxylic acids is 2. The van der Waals surface area contributed by atoms with Gasteiger partial charge in [0.25, 0.3) is 0 Å². The number of nitrogens with zero attached hydrogens (tertiary/aromatic N) is 2. The lowest BCUT2D eigenvalue weighted by Crippen LogP contribution is -2.63. The quantitative estimate of drug-likeness (QED) is 0.368. The highest BCUT2D eigenvalue weighted by Crippen LogP contribution is 2.38. The standard InChI is InChI=1S/C26H50N4O2/c1-23(2)15-21(16-24(3,4)29(23)19-31)27-13-11-9-10-12-14-28-22-17-25(5,6)30(20-32)26(7,8)18-22/h19-22,27-28H,9-18H2,1-8H3. The lowest BCUT2D eigenvalue weighted by Gasteiger charge is -2.53. The van der Waals surface area contributed by atoms with E-state index in [-0.39, 0.29) is 22.2 Å². The number of nitrogens with one attached hydrogen (secondary N) is 2. The fraction of sp³-hybridized carbons (Fsp3) is 0.923. The molecule has 32 heavy (non-hydrogen) atoms. The summed E-state index contributed by atoms with van der Waals surface area (Å²) >= 11 is 0. The van der Waals surface area contributed by atoms with Crippen molar-refractivity contribution in [2.24, 2.45) is 0 Å². The number of likely N-dealkylation sites (tertiary alicyclic amines) is 2. The number of piperidine rings is 2. The minimum absolute atomic E-state index is 0.0994. The Bertz CT molecular complexity index is 539. The zero-order valence-corrected chi connectivity index (χ0v) is 22.1. The number of hydrogen-bond acceptors (Lipinski definition) is 4. The first-order chi connectivity index (χ1) is 14.7. The summed E-state index contributed by atoms with van der Waals surface area (Å²) in [4.78, 5) is 27.1. The third-order valence-electron chi connectivity index (χ3n) is 7.77. The topological polar surface area (TPSA) is 64.7 Å². The van der Waals surface area contributed by atoms with Crippen LogP contribution in [0.2, 0.25) is 0 Å². The molecule has 2 aliphatic heterocycles. The van der Waals surface area contributed by atoms with Crippen molar-refractivity contribution in [3.63, 3.8) is 0 Å². The van der Waals surface area contributed by atoms with Crippen LogP contribution in [0.3, 0.4) is 0 Å². The van der Waals surface area contributed by atoms with Crippen molar-refractivity contribution >= 4 is 12.8 Å². The van der Waals surface area contributed by atoms with Crippen molar-refractivity contribution < 1.29 is 9.59 Å². The number of hydrogen-bond donors (Lipinski definition) is 2. The molecular formula is C26H50N4O2. The summed E-state index contributed by atoms with van der Waals surface area (Å²) in [6.07, 6.45) is 11.0. The van der Waals surface area contributed by atoms with Crippen molar-refractivity contribution in [3.8, 4) is 0 Å². The molecule has 0 aromatic carbocycles. The molecule has 2 heterocycles. The van der Waals surface area contributed by atoms with Gasteiger partial charge in [-0.3, -0.25) is 9.59 Å². The number of unbranched alkanes of at least 4 members (excludes halogenated alkanes) is 3. The van der Waals surface area contributed by atoms with E-state index >= 15 is 0 Å². The first-order valence-electron chi connectivity index (χ1n) is 12.7. The molecule has 2 amide bonds. The molecule has 2 fully saturated rings. The van der Waals surface area contributed by atoms with Gasteiger partial charge in [-0.2, -0.15) is 0 Å². The highest BCUT2D eigenvalue weighted by molar-refractivity contribution is 5.51. The second kappa shape index (κ2) is 10.4. The van der Waals surface area contributed by atoms with Crippen LogP contribution in [-0.2, 0) is 9.59 Å². The Morgan fingerprint density at radius 3 is 1.12 bits per heavy atom. The van der Waals surface area contributed by atoms with Gasteiger partial charge in [0, 0.05) is 34.2 Å². The fourth-order valence-corrected chi connectivity index (χ4v) is 6.66. The third-order valence-corrected chi connectivity index (χ3v) is 7.77. The average molecular weight is 451 g/mol. The fourth-order valence-electron chi connectivity index (χ4n) is 6.66. The van der Waals surface area contributed by atoms with E-state index in [9.17, 15) is 9.59 Å². The molecule has 186 valence electrons. The highest BCUT2D eigenvalue weighted by Gasteiger charge is 2.45. The largest absolute Gasteiger partial charge is 0.335 e. The van der Waals surface area contributed by atoms with Gasteiger partial charge in [0.15, 0.2) is 0 Å². The molecule has 2 aliphatic rings. The Hall–Kier alpha value is -1.14. The molecule has 0 aromatic rings. The predicted molar refractivity (Wildman–Crippen MR) is 133 cm³/mol. The van der Waals surface area contributed by atoms with Crippen LogP contribution < -0.4 is 10.6 Å². The van der Waals surface area contributed by atoms with Crippen molar-refractivity contribution in [1.82, 2.24) is 20.4 Å². The molecule has 0 radical (unpaired) electrons. The Morgan fingerprint density at radius 1 is 0.594 bits per heavy atom. The van der Waals surface area contributed by atoms with Gasteiger partial charge in [0.2, 0.25) is 12.8 Å². The van der Waals surface area contributed by atoms with Gasteiger partial charge in [-0.1, -0.05) is 12.8 Å². The van der Waals surface area contributed by atoms with E-state index < -0.39 is 0 Å². The van der Waals surface area contributed by atoms with Gasteiger partial charge < -0.3 is 20.4 Å². The van der Waals surface area contributed by atoms with Crippen LogP contribution in [0.1, 0.15) is 107 Å². The normalized spacial score (nSPS) is 25.0. The molecule has 0 unspecified atom stereocenters. The molecular weight excluding hydrogens is 400 g/mol. The van der Waals surface area contributed by atoms with Gasteiger partial charge in [-0.15, -0.1) is 0 Å². The van der Waals surface area contributed by atoms with Crippen molar-refractivity contribution in [2.75, 3.05) is 13.1 Å². The number of amides is 2. The van der Waals surface area contributed by atoms with Crippen molar-refractivity contribution in [3.05, 3.63) is 0 Å². The zero-order valence-electron chi connectivity index (χ0n) is 22.1. The van der Waals surface area contributed by atoms with E-state index in [0.717, 1.165) is 51.6 Å². The van der Waals surface area contributed by atoms with Crippen LogP contribution in [0.4, 0.5) is 0 Å². The summed E-state index contributed by atoms with van der Waals surface area (Å²) in [7, 11) is 0. The van der Waals surface area contributed by atoms with Crippen molar-refractivity contribution in [1.29, 1.82) is 0 Å². The van der Waals surface area contributed by atoms with E-state index in [4.69, 9.17) is 0 Å². The first-order valence-corrected chi connectivity index (χ1v) is 12.7. The summed E-state index contributed by atoms with van der Waals surface area (Å²) in [5.74, 6) is 0. The average Bonchev–Trinajstić information content (AvgIpc) is 2.60. The Labute approximate surface area is 197 Å². The van der Waals surface area contributed by atoms with E-state index in [1.54, 1.807) is 0 Å². The summed E-state index contributed by atoms with van der Waals surface area (Å²) in [6.45, 7) is 19.5. The van der Waals surface area contributed by atoms with Crippen molar-refractivity contribution in [2.45, 2.75) is 141 Å². The zero-order chi connectivity index (χ0) is 24.2. The summed E-state index contributed by atoms with van der Waals surface area (Å²) in [5.41, 5.74) is -0.397. The number of carbonyl (C=O) groups is 2. The predicted octanol–water partition coefficient (Wildman–Crippen LogP) is 4.08.